The average molecular weight is 259 g/mol. The summed E-state index contributed by atoms with van der Waals surface area (Å²) in [6.45, 7) is 2.03. The van der Waals surface area contributed by atoms with Crippen molar-refractivity contribution in [2.24, 2.45) is 0 Å². The first-order valence-corrected chi connectivity index (χ1v) is 5.69. The SMILES string of the molecule is COCCNCC1COc2c(F)cc(F)cc2O1. The van der Waals surface area contributed by atoms with Gasteiger partial charge in [-0.3, -0.25) is 0 Å². The summed E-state index contributed by atoms with van der Waals surface area (Å²) in [5.41, 5.74) is 0. The lowest BCUT2D eigenvalue weighted by Gasteiger charge is -2.26. The summed E-state index contributed by atoms with van der Waals surface area (Å²) in [6.07, 6.45) is -0.268. The van der Waals surface area contributed by atoms with Crippen molar-refractivity contribution in [3.05, 3.63) is 23.8 Å². The lowest BCUT2D eigenvalue weighted by molar-refractivity contribution is 0.0837. The highest BCUT2D eigenvalue weighted by atomic mass is 19.1. The van der Waals surface area contributed by atoms with Gasteiger partial charge in [0.1, 0.15) is 18.5 Å². The fraction of sp³-hybridized carbons (Fsp3) is 0.500. The second-order valence-corrected chi connectivity index (χ2v) is 3.96. The van der Waals surface area contributed by atoms with Crippen LogP contribution in [0.2, 0.25) is 0 Å². The Morgan fingerprint density at radius 2 is 2.28 bits per heavy atom. The minimum absolute atomic E-state index is 0.0236. The number of nitrogens with one attached hydrogen (secondary N) is 1. The monoisotopic (exact) mass is 259 g/mol. The fourth-order valence-corrected chi connectivity index (χ4v) is 1.69. The van der Waals surface area contributed by atoms with E-state index in [4.69, 9.17) is 14.2 Å². The zero-order chi connectivity index (χ0) is 13.0. The Morgan fingerprint density at radius 1 is 1.44 bits per heavy atom. The molecule has 0 radical (unpaired) electrons. The van der Waals surface area contributed by atoms with Crippen LogP contribution >= 0.6 is 0 Å². The minimum atomic E-state index is -0.740. The number of hydrogen-bond donors (Lipinski definition) is 1. The third kappa shape index (κ3) is 3.08. The largest absolute Gasteiger partial charge is 0.483 e. The Labute approximate surface area is 104 Å². The van der Waals surface area contributed by atoms with Crippen molar-refractivity contribution in [1.82, 2.24) is 5.32 Å². The van der Waals surface area contributed by atoms with Crippen molar-refractivity contribution in [1.29, 1.82) is 0 Å². The summed E-state index contributed by atoms with van der Waals surface area (Å²) >= 11 is 0. The Hall–Kier alpha value is -1.40. The van der Waals surface area contributed by atoms with Crippen molar-refractivity contribution in [2.45, 2.75) is 6.10 Å². The van der Waals surface area contributed by atoms with Crippen LogP contribution in [0.25, 0.3) is 0 Å². The summed E-state index contributed by atoms with van der Waals surface area (Å²) in [5, 5.41) is 3.10. The fourth-order valence-electron chi connectivity index (χ4n) is 1.69. The Morgan fingerprint density at radius 3 is 3.06 bits per heavy atom. The molecular formula is C12H15F2NO3. The van der Waals surface area contributed by atoms with Gasteiger partial charge in [-0.15, -0.1) is 0 Å². The van der Waals surface area contributed by atoms with Crippen molar-refractivity contribution in [3.8, 4) is 11.5 Å². The van der Waals surface area contributed by atoms with Gasteiger partial charge in [-0.2, -0.15) is 0 Å². The van der Waals surface area contributed by atoms with Gasteiger partial charge in [-0.1, -0.05) is 0 Å². The molecule has 0 bridgehead atoms. The quantitative estimate of drug-likeness (QED) is 0.810. The van der Waals surface area contributed by atoms with Crippen molar-refractivity contribution < 1.29 is 23.0 Å². The molecule has 1 N–H and O–H groups in total. The maximum absolute atomic E-state index is 13.3. The Kier molecular flexibility index (Phi) is 4.33. The van der Waals surface area contributed by atoms with Crippen LogP contribution in [0.5, 0.6) is 11.5 Å². The van der Waals surface area contributed by atoms with Crippen LogP contribution in [0.3, 0.4) is 0 Å². The van der Waals surface area contributed by atoms with Gasteiger partial charge in [0.25, 0.3) is 0 Å². The summed E-state index contributed by atoms with van der Waals surface area (Å²) in [4.78, 5) is 0. The van der Waals surface area contributed by atoms with Gasteiger partial charge in [0.2, 0.25) is 0 Å². The molecule has 1 aliphatic heterocycles. The lowest BCUT2D eigenvalue weighted by Crippen LogP contribution is -2.39. The summed E-state index contributed by atoms with van der Waals surface area (Å²) in [7, 11) is 1.61. The molecule has 100 valence electrons. The second kappa shape index (κ2) is 5.97. The van der Waals surface area contributed by atoms with E-state index in [9.17, 15) is 8.78 Å². The molecule has 1 aromatic carbocycles. The lowest BCUT2D eigenvalue weighted by atomic mass is 10.2. The molecule has 1 heterocycles. The van der Waals surface area contributed by atoms with E-state index < -0.39 is 11.6 Å². The van der Waals surface area contributed by atoms with Crippen LogP contribution in [0, 0.1) is 11.6 Å². The number of fused-ring (bicyclic) bond motifs is 1. The molecule has 6 heteroatoms. The first-order chi connectivity index (χ1) is 8.70. The molecule has 18 heavy (non-hydrogen) atoms. The Bertz CT molecular complexity index is 415. The smallest absolute Gasteiger partial charge is 0.197 e. The molecule has 0 aromatic heterocycles. The normalized spacial score (nSPS) is 17.8. The first-order valence-electron chi connectivity index (χ1n) is 5.69. The zero-order valence-corrected chi connectivity index (χ0v) is 10.0. The van der Waals surface area contributed by atoms with Crippen LogP contribution in [0.1, 0.15) is 0 Å². The van der Waals surface area contributed by atoms with Crippen LogP contribution in [0.4, 0.5) is 8.78 Å². The van der Waals surface area contributed by atoms with Gasteiger partial charge in [-0.25, -0.2) is 8.78 Å². The maximum atomic E-state index is 13.3. The van der Waals surface area contributed by atoms with Gasteiger partial charge >= 0.3 is 0 Å². The van der Waals surface area contributed by atoms with Crippen LogP contribution in [-0.4, -0.2) is 39.5 Å². The minimum Gasteiger partial charge on any atom is -0.483 e. The first kappa shape index (κ1) is 13.0. The van der Waals surface area contributed by atoms with Gasteiger partial charge in [0.05, 0.1) is 6.61 Å². The number of ether oxygens (including phenoxy) is 3. The highest BCUT2D eigenvalue weighted by molar-refractivity contribution is 5.42. The molecule has 0 aliphatic carbocycles. The summed E-state index contributed by atoms with van der Waals surface area (Å²) in [6, 6.07) is 1.90. The number of rotatable bonds is 5. The van der Waals surface area contributed by atoms with Crippen molar-refractivity contribution in [2.75, 3.05) is 33.4 Å². The maximum Gasteiger partial charge on any atom is 0.197 e. The molecule has 1 aliphatic rings. The van der Waals surface area contributed by atoms with E-state index in [1.54, 1.807) is 7.11 Å². The van der Waals surface area contributed by atoms with E-state index in [-0.39, 0.29) is 24.2 Å². The third-order valence-corrected chi connectivity index (χ3v) is 2.54. The van der Waals surface area contributed by atoms with Crippen LogP contribution in [0.15, 0.2) is 12.1 Å². The average Bonchev–Trinajstić information content (AvgIpc) is 2.34. The van der Waals surface area contributed by atoms with Crippen LogP contribution < -0.4 is 14.8 Å². The standard InChI is InChI=1S/C12H15F2NO3/c1-16-3-2-15-6-9-7-17-12-10(14)4-8(13)5-11(12)18-9/h4-5,9,15H,2-3,6-7H2,1H3. The van der Waals surface area contributed by atoms with E-state index in [0.29, 0.717) is 19.7 Å². The molecule has 1 unspecified atom stereocenters. The molecule has 2 rings (SSSR count). The molecule has 0 spiro atoms. The van der Waals surface area contributed by atoms with Gasteiger partial charge in [-0.05, 0) is 0 Å². The third-order valence-electron chi connectivity index (χ3n) is 2.54. The number of hydrogen-bond acceptors (Lipinski definition) is 4. The molecule has 0 saturated carbocycles. The predicted molar refractivity (Wildman–Crippen MR) is 61.0 cm³/mol. The molecule has 1 aromatic rings. The number of benzene rings is 1. The zero-order valence-electron chi connectivity index (χ0n) is 10.0. The number of halogens is 2. The molecule has 1 atom stereocenters. The van der Waals surface area contributed by atoms with Gasteiger partial charge in [0.15, 0.2) is 17.3 Å². The van der Waals surface area contributed by atoms with Gasteiger partial charge < -0.3 is 19.5 Å². The highest BCUT2D eigenvalue weighted by Gasteiger charge is 2.24. The second-order valence-electron chi connectivity index (χ2n) is 3.96. The summed E-state index contributed by atoms with van der Waals surface area (Å²) in [5.74, 6) is -1.33. The van der Waals surface area contributed by atoms with E-state index in [2.05, 4.69) is 5.32 Å². The molecule has 0 saturated heterocycles. The molecule has 4 nitrogen and oxygen atoms in total. The van der Waals surface area contributed by atoms with E-state index in [1.807, 2.05) is 0 Å². The number of methoxy groups -OCH3 is 1. The molecule has 0 fully saturated rings. The van der Waals surface area contributed by atoms with Crippen molar-refractivity contribution >= 4 is 0 Å². The predicted octanol–water partition coefficient (Wildman–Crippen LogP) is 1.34. The summed E-state index contributed by atoms with van der Waals surface area (Å²) < 4.78 is 42.0. The van der Waals surface area contributed by atoms with E-state index in [1.165, 1.54) is 0 Å². The van der Waals surface area contributed by atoms with Gasteiger partial charge in [0, 0.05) is 32.3 Å². The van der Waals surface area contributed by atoms with E-state index >= 15 is 0 Å². The van der Waals surface area contributed by atoms with E-state index in [0.717, 1.165) is 12.1 Å². The molecular weight excluding hydrogens is 244 g/mol. The molecule has 0 amide bonds. The van der Waals surface area contributed by atoms with Crippen LogP contribution in [-0.2, 0) is 4.74 Å². The Balaban J connectivity index is 1.93. The van der Waals surface area contributed by atoms with Crippen molar-refractivity contribution in [3.63, 3.8) is 0 Å². The highest BCUT2D eigenvalue weighted by Crippen LogP contribution is 2.34. The topological polar surface area (TPSA) is 39.7 Å².